The van der Waals surface area contributed by atoms with Crippen molar-refractivity contribution in [2.24, 2.45) is 11.8 Å². The number of hydrogen-bond acceptors (Lipinski definition) is 11. The first-order valence-corrected chi connectivity index (χ1v) is 13.6. The topological polar surface area (TPSA) is 149 Å². The van der Waals surface area contributed by atoms with Gasteiger partial charge in [-0.25, -0.2) is 9.78 Å². The van der Waals surface area contributed by atoms with Crippen LogP contribution >= 0.6 is 0 Å². The summed E-state index contributed by atoms with van der Waals surface area (Å²) in [6.07, 6.45) is 0.206. The van der Waals surface area contributed by atoms with Gasteiger partial charge in [0, 0.05) is 25.1 Å². The van der Waals surface area contributed by atoms with Crippen molar-refractivity contribution in [1.29, 1.82) is 0 Å². The molecule has 1 aromatic carbocycles. The van der Waals surface area contributed by atoms with Gasteiger partial charge in [-0.3, -0.25) is 14.4 Å². The van der Waals surface area contributed by atoms with Gasteiger partial charge in [-0.15, -0.1) is 0 Å². The molecule has 0 spiro atoms. The molecule has 1 amide bonds. The maximum absolute atomic E-state index is 13.3. The third-order valence-electron chi connectivity index (χ3n) is 6.55. The van der Waals surface area contributed by atoms with E-state index in [0.717, 1.165) is 11.1 Å². The zero-order chi connectivity index (χ0) is 30.8. The van der Waals surface area contributed by atoms with Gasteiger partial charge >= 0.3 is 17.9 Å². The molecule has 3 rings (SSSR count). The standard InChI is InChI=1S/C30H38N2O10/c1-17(2)29(35)42-26-19(4)41-30(36)23(15-38-14-22(26)13-21-9-7-18(3)8-10-21)32-28(34)25-27(40-16-39-20(5)33)24(37-6)11-12-31-25/h7-12,17,19,22-23,26H,13-16H2,1-6H3,(H,32,34)/t19-,22-,23-,26-/m0/s1. The lowest BCUT2D eigenvalue weighted by molar-refractivity contribution is -0.173. The number of nitrogens with zero attached hydrogens (tertiary/aromatic N) is 1. The van der Waals surface area contributed by atoms with Gasteiger partial charge in [0.25, 0.3) is 5.91 Å². The number of ether oxygens (including phenoxy) is 6. The number of methoxy groups -OCH3 is 1. The quantitative estimate of drug-likeness (QED) is 0.249. The second-order valence-corrected chi connectivity index (χ2v) is 10.3. The molecule has 12 heteroatoms. The average Bonchev–Trinajstić information content (AvgIpc) is 2.99. The molecule has 1 aromatic heterocycles. The molecule has 1 fully saturated rings. The van der Waals surface area contributed by atoms with Crippen LogP contribution in [0.25, 0.3) is 0 Å². The number of nitrogens with one attached hydrogen (secondary N) is 1. The van der Waals surface area contributed by atoms with Crippen LogP contribution < -0.4 is 14.8 Å². The first kappa shape index (κ1) is 32.3. The minimum atomic E-state index is -1.21. The Morgan fingerprint density at radius 2 is 1.83 bits per heavy atom. The zero-order valence-corrected chi connectivity index (χ0v) is 24.7. The third kappa shape index (κ3) is 8.90. The highest BCUT2D eigenvalue weighted by atomic mass is 16.7. The van der Waals surface area contributed by atoms with Crippen molar-refractivity contribution in [1.82, 2.24) is 10.3 Å². The molecule has 0 aliphatic carbocycles. The SMILES string of the molecule is COc1ccnc(C(=O)N[C@H]2COC[C@H](Cc3ccc(C)cc3)[C@@H](OC(=O)C(C)C)[C@H](C)OC2=O)c1OCOC(C)=O. The van der Waals surface area contributed by atoms with Crippen molar-refractivity contribution < 1.29 is 47.6 Å². The molecule has 1 aliphatic rings. The summed E-state index contributed by atoms with van der Waals surface area (Å²) in [5, 5.41) is 2.58. The van der Waals surface area contributed by atoms with Gasteiger partial charge in [-0.1, -0.05) is 43.7 Å². The summed E-state index contributed by atoms with van der Waals surface area (Å²) < 4.78 is 33.0. The van der Waals surface area contributed by atoms with Gasteiger partial charge in [0.2, 0.25) is 6.79 Å². The van der Waals surface area contributed by atoms with Crippen LogP contribution in [0.15, 0.2) is 36.5 Å². The number of cyclic esters (lactones) is 1. The maximum Gasteiger partial charge on any atom is 0.331 e. The van der Waals surface area contributed by atoms with Gasteiger partial charge < -0.3 is 33.7 Å². The van der Waals surface area contributed by atoms with Crippen LogP contribution in [0.1, 0.15) is 49.3 Å². The second-order valence-electron chi connectivity index (χ2n) is 10.3. The molecule has 0 unspecified atom stereocenters. The number of carbonyl (C=O) groups excluding carboxylic acids is 4. The summed E-state index contributed by atoms with van der Waals surface area (Å²) in [6, 6.07) is 8.22. The lowest BCUT2D eigenvalue weighted by Gasteiger charge is -2.31. The van der Waals surface area contributed by atoms with Crippen LogP contribution in [0.5, 0.6) is 11.5 Å². The molecule has 1 aliphatic heterocycles. The van der Waals surface area contributed by atoms with Gasteiger partial charge in [0.1, 0.15) is 12.2 Å². The Hall–Kier alpha value is -4.19. The van der Waals surface area contributed by atoms with Gasteiger partial charge in [-0.05, 0) is 25.8 Å². The Balaban J connectivity index is 1.82. The van der Waals surface area contributed by atoms with Crippen LogP contribution in [-0.2, 0) is 39.8 Å². The highest BCUT2D eigenvalue weighted by Gasteiger charge is 2.38. The van der Waals surface area contributed by atoms with Crippen LogP contribution in [-0.4, -0.2) is 74.2 Å². The van der Waals surface area contributed by atoms with Crippen molar-refractivity contribution in [2.75, 3.05) is 27.1 Å². The Morgan fingerprint density at radius 3 is 2.48 bits per heavy atom. The maximum atomic E-state index is 13.3. The van der Waals surface area contributed by atoms with Crippen LogP contribution in [0, 0.1) is 18.8 Å². The molecule has 12 nitrogen and oxygen atoms in total. The van der Waals surface area contributed by atoms with E-state index in [-0.39, 0.29) is 42.2 Å². The van der Waals surface area contributed by atoms with Gasteiger partial charge in [0.15, 0.2) is 23.2 Å². The number of esters is 3. The third-order valence-corrected chi connectivity index (χ3v) is 6.55. The number of rotatable bonds is 10. The van der Waals surface area contributed by atoms with Crippen molar-refractivity contribution in [2.45, 2.75) is 59.3 Å². The number of benzene rings is 1. The molecule has 42 heavy (non-hydrogen) atoms. The van der Waals surface area contributed by atoms with E-state index in [2.05, 4.69) is 10.3 Å². The fourth-order valence-electron chi connectivity index (χ4n) is 4.27. The molecule has 0 bridgehead atoms. The van der Waals surface area contributed by atoms with Crippen molar-refractivity contribution in [3.63, 3.8) is 0 Å². The monoisotopic (exact) mass is 586 g/mol. The predicted octanol–water partition coefficient (Wildman–Crippen LogP) is 2.79. The molecule has 0 saturated carbocycles. The Labute approximate surface area is 245 Å². The molecular formula is C30H38N2O10. The number of amides is 1. The minimum Gasteiger partial charge on any atom is -0.493 e. The van der Waals surface area contributed by atoms with Gasteiger partial charge in [-0.2, -0.15) is 0 Å². The molecule has 2 aromatic rings. The molecule has 2 heterocycles. The number of hydrogen-bond donors (Lipinski definition) is 1. The van der Waals surface area contributed by atoms with Crippen molar-refractivity contribution in [3.05, 3.63) is 53.3 Å². The highest BCUT2D eigenvalue weighted by Crippen LogP contribution is 2.30. The van der Waals surface area contributed by atoms with Crippen molar-refractivity contribution in [3.8, 4) is 11.5 Å². The number of carbonyl (C=O) groups is 4. The van der Waals surface area contributed by atoms with E-state index in [1.165, 1.54) is 26.3 Å². The molecule has 1 N–H and O–H groups in total. The first-order chi connectivity index (χ1) is 20.0. The minimum absolute atomic E-state index is 0.0803. The van der Waals surface area contributed by atoms with Crippen LogP contribution in [0.3, 0.4) is 0 Å². The van der Waals surface area contributed by atoms with Crippen LogP contribution in [0.4, 0.5) is 0 Å². The van der Waals surface area contributed by atoms with E-state index in [4.69, 9.17) is 28.4 Å². The zero-order valence-electron chi connectivity index (χ0n) is 24.7. The predicted molar refractivity (Wildman–Crippen MR) is 149 cm³/mol. The van der Waals surface area contributed by atoms with Crippen molar-refractivity contribution >= 4 is 23.8 Å². The normalized spacial score (nSPS) is 20.8. The molecule has 228 valence electrons. The van der Waals surface area contributed by atoms with E-state index in [0.29, 0.717) is 6.42 Å². The molecular weight excluding hydrogens is 548 g/mol. The largest absolute Gasteiger partial charge is 0.493 e. The van der Waals surface area contributed by atoms with E-state index in [1.807, 2.05) is 31.2 Å². The average molecular weight is 587 g/mol. The Kier molecular flexibility index (Phi) is 11.7. The fraction of sp³-hybridized carbons (Fsp3) is 0.500. The number of aromatic nitrogens is 1. The molecule has 0 radical (unpaired) electrons. The van der Waals surface area contributed by atoms with E-state index in [1.54, 1.807) is 20.8 Å². The van der Waals surface area contributed by atoms with E-state index in [9.17, 15) is 19.2 Å². The smallest absolute Gasteiger partial charge is 0.331 e. The summed E-state index contributed by atoms with van der Waals surface area (Å²) >= 11 is 0. The number of aryl methyl sites for hydroxylation is 1. The Morgan fingerprint density at radius 1 is 1.12 bits per heavy atom. The summed E-state index contributed by atoms with van der Waals surface area (Å²) in [5.74, 6) is -3.20. The highest BCUT2D eigenvalue weighted by molar-refractivity contribution is 5.98. The second kappa shape index (κ2) is 15.2. The van der Waals surface area contributed by atoms with Gasteiger partial charge in [0.05, 0.1) is 26.2 Å². The van der Waals surface area contributed by atoms with E-state index < -0.39 is 48.9 Å². The Bertz CT molecular complexity index is 1250. The first-order valence-electron chi connectivity index (χ1n) is 13.6. The lowest BCUT2D eigenvalue weighted by atomic mass is 9.91. The summed E-state index contributed by atoms with van der Waals surface area (Å²) in [4.78, 5) is 54.3. The van der Waals surface area contributed by atoms with E-state index >= 15 is 0 Å². The lowest BCUT2D eigenvalue weighted by Crippen LogP contribution is -2.47. The molecule has 4 atom stereocenters. The van der Waals surface area contributed by atoms with Crippen LogP contribution in [0.2, 0.25) is 0 Å². The summed E-state index contributed by atoms with van der Waals surface area (Å²) in [6.45, 7) is 7.73. The number of pyridine rings is 1. The summed E-state index contributed by atoms with van der Waals surface area (Å²) in [5.41, 5.74) is 1.91. The summed E-state index contributed by atoms with van der Waals surface area (Å²) in [7, 11) is 1.37. The molecule has 1 saturated heterocycles. The fourth-order valence-corrected chi connectivity index (χ4v) is 4.27.